The fourth-order valence-corrected chi connectivity index (χ4v) is 8.06. The zero-order chi connectivity index (χ0) is 32.1. The van der Waals surface area contributed by atoms with Gasteiger partial charge in [0.25, 0.3) is 0 Å². The van der Waals surface area contributed by atoms with Gasteiger partial charge in [-0.05, 0) is 101 Å². The van der Waals surface area contributed by atoms with Crippen LogP contribution in [0.25, 0.3) is 104 Å². The number of hydrogen-bond donors (Lipinski definition) is 0. The smallest absolute Gasteiger partial charge is 0.159 e. The van der Waals surface area contributed by atoms with Crippen LogP contribution in [0.4, 0.5) is 0 Å². The van der Waals surface area contributed by atoms with E-state index >= 15 is 0 Å². The second-order valence-electron chi connectivity index (χ2n) is 12.9. The third kappa shape index (κ3) is 3.77. The third-order valence-corrected chi connectivity index (χ3v) is 10.2. The SMILES string of the molecule is c1ccc(-n2c(-c3cnc(-c4cc5ccc6cccc7c8cccc9ccc%10cccc(c(c4)c5c67)c%10c98)nc3)nc3ccccc32)cc1. The number of para-hydroxylation sites is 3. The maximum atomic E-state index is 5.03. The minimum absolute atomic E-state index is 0.686. The molecule has 0 bridgehead atoms. The van der Waals surface area contributed by atoms with Gasteiger partial charge in [-0.3, -0.25) is 4.57 Å². The summed E-state index contributed by atoms with van der Waals surface area (Å²) < 4.78 is 2.18. The predicted octanol–water partition coefficient (Wildman–Crippen LogP) is 11.5. The summed E-state index contributed by atoms with van der Waals surface area (Å²) in [5, 5.41) is 15.0. The first-order chi connectivity index (χ1) is 24.3. The first-order valence-electron chi connectivity index (χ1n) is 16.6. The van der Waals surface area contributed by atoms with Gasteiger partial charge in [0, 0.05) is 23.6 Å². The van der Waals surface area contributed by atoms with E-state index < -0.39 is 0 Å². The molecule has 49 heavy (non-hydrogen) atoms. The van der Waals surface area contributed by atoms with Gasteiger partial charge in [-0.2, -0.15) is 0 Å². The van der Waals surface area contributed by atoms with Crippen LogP contribution in [0.3, 0.4) is 0 Å². The summed E-state index contributed by atoms with van der Waals surface area (Å²) in [4.78, 5) is 15.0. The summed E-state index contributed by atoms with van der Waals surface area (Å²) in [6, 6.07) is 52.2. The molecule has 2 heterocycles. The van der Waals surface area contributed by atoms with E-state index in [0.717, 1.165) is 33.7 Å². The van der Waals surface area contributed by atoms with Gasteiger partial charge in [0.1, 0.15) is 5.82 Å². The molecule has 2 aromatic heterocycles. The molecule has 0 aliphatic rings. The van der Waals surface area contributed by atoms with E-state index in [2.05, 4.69) is 132 Å². The first kappa shape index (κ1) is 26.4. The molecule has 0 unspecified atom stereocenters. The Morgan fingerprint density at radius 1 is 0.408 bits per heavy atom. The number of aromatic nitrogens is 4. The molecule has 0 fully saturated rings. The molecule has 0 spiro atoms. The van der Waals surface area contributed by atoms with Gasteiger partial charge in [-0.1, -0.05) is 109 Å². The van der Waals surface area contributed by atoms with Gasteiger partial charge in [0.2, 0.25) is 0 Å². The lowest BCUT2D eigenvalue weighted by Crippen LogP contribution is -1.99. The molecule has 4 nitrogen and oxygen atoms in total. The van der Waals surface area contributed by atoms with E-state index in [1.165, 1.54) is 64.6 Å². The number of imidazole rings is 1. The second kappa shape index (κ2) is 9.93. The minimum Gasteiger partial charge on any atom is -0.292 e. The highest BCUT2D eigenvalue weighted by Gasteiger charge is 2.18. The van der Waals surface area contributed by atoms with Crippen LogP contribution >= 0.6 is 0 Å². The molecule has 0 saturated carbocycles. The predicted molar refractivity (Wildman–Crippen MR) is 204 cm³/mol. The Kier molecular flexibility index (Phi) is 5.35. The average molecular weight is 623 g/mol. The molecule has 0 N–H and O–H groups in total. The van der Waals surface area contributed by atoms with Gasteiger partial charge >= 0.3 is 0 Å². The lowest BCUT2D eigenvalue weighted by atomic mass is 9.87. The molecule has 9 aromatic carbocycles. The molecular weight excluding hydrogens is 597 g/mol. The van der Waals surface area contributed by atoms with Crippen LogP contribution < -0.4 is 0 Å². The standard InChI is InChI=1S/C45H26N4/c1-2-12-33(13-3-1)49-39-18-5-4-17-38(39)48-45(49)32-25-46-44(47-26-32)31-23-30-22-21-29-10-7-15-35-34-14-6-9-27-19-20-28-11-8-16-36(42(28)40(27)34)37(24-31)43(30)41(29)35/h1-26H. The topological polar surface area (TPSA) is 43.6 Å². The van der Waals surface area contributed by atoms with Crippen molar-refractivity contribution in [2.24, 2.45) is 0 Å². The van der Waals surface area contributed by atoms with Crippen molar-refractivity contribution in [3.05, 3.63) is 158 Å². The normalized spacial score (nSPS) is 12.1. The molecule has 226 valence electrons. The van der Waals surface area contributed by atoms with Crippen LogP contribution in [0, 0.1) is 0 Å². The van der Waals surface area contributed by atoms with E-state index in [1.54, 1.807) is 0 Å². The average Bonchev–Trinajstić information content (AvgIpc) is 3.56. The van der Waals surface area contributed by atoms with Crippen molar-refractivity contribution in [2.45, 2.75) is 0 Å². The summed E-state index contributed by atoms with van der Waals surface area (Å²) in [6.45, 7) is 0. The molecular formula is C45H26N4. The second-order valence-corrected chi connectivity index (χ2v) is 12.9. The van der Waals surface area contributed by atoms with Gasteiger partial charge in [-0.15, -0.1) is 0 Å². The van der Waals surface area contributed by atoms with E-state index in [4.69, 9.17) is 15.0 Å². The van der Waals surface area contributed by atoms with Crippen LogP contribution in [0.5, 0.6) is 0 Å². The van der Waals surface area contributed by atoms with Crippen LogP contribution in [0.2, 0.25) is 0 Å². The molecule has 0 aliphatic heterocycles. The van der Waals surface area contributed by atoms with E-state index in [1.807, 2.05) is 30.6 Å². The van der Waals surface area contributed by atoms with Crippen molar-refractivity contribution in [1.82, 2.24) is 19.5 Å². The largest absolute Gasteiger partial charge is 0.292 e. The highest BCUT2D eigenvalue weighted by Crippen LogP contribution is 2.44. The summed E-state index contributed by atoms with van der Waals surface area (Å²) >= 11 is 0. The number of benzene rings is 8. The Hall–Kier alpha value is -6.65. The highest BCUT2D eigenvalue weighted by molar-refractivity contribution is 6.37. The van der Waals surface area contributed by atoms with Crippen molar-refractivity contribution in [2.75, 3.05) is 0 Å². The lowest BCUT2D eigenvalue weighted by molar-refractivity contribution is 1.08. The van der Waals surface area contributed by atoms with Crippen LogP contribution in [-0.2, 0) is 0 Å². The van der Waals surface area contributed by atoms with Crippen molar-refractivity contribution in [3.8, 4) is 28.5 Å². The minimum atomic E-state index is 0.686. The van der Waals surface area contributed by atoms with E-state index in [9.17, 15) is 0 Å². The molecule has 11 rings (SSSR count). The maximum Gasteiger partial charge on any atom is 0.159 e. The Bertz CT molecular complexity index is 3080. The summed E-state index contributed by atoms with van der Waals surface area (Å²) in [5.74, 6) is 1.50. The van der Waals surface area contributed by atoms with Crippen molar-refractivity contribution >= 4 is 75.7 Å². The van der Waals surface area contributed by atoms with Gasteiger partial charge in [0.05, 0.1) is 16.6 Å². The van der Waals surface area contributed by atoms with Crippen molar-refractivity contribution < 1.29 is 0 Å². The third-order valence-electron chi connectivity index (χ3n) is 10.2. The van der Waals surface area contributed by atoms with E-state index in [0.29, 0.717) is 5.82 Å². The van der Waals surface area contributed by atoms with Crippen LogP contribution in [0.15, 0.2) is 158 Å². The summed E-state index contributed by atoms with van der Waals surface area (Å²) in [5.41, 5.74) is 4.88. The maximum absolute atomic E-state index is 5.03. The molecule has 4 heteroatoms. The fourth-order valence-electron chi connectivity index (χ4n) is 8.06. The number of rotatable bonds is 3. The Morgan fingerprint density at radius 3 is 1.61 bits per heavy atom. The first-order valence-corrected chi connectivity index (χ1v) is 16.6. The van der Waals surface area contributed by atoms with Gasteiger partial charge in [0.15, 0.2) is 5.82 Å². The molecule has 0 radical (unpaired) electrons. The zero-order valence-corrected chi connectivity index (χ0v) is 26.3. The zero-order valence-electron chi connectivity index (χ0n) is 26.3. The quantitative estimate of drug-likeness (QED) is 0.184. The molecule has 0 saturated heterocycles. The van der Waals surface area contributed by atoms with Crippen molar-refractivity contribution in [3.63, 3.8) is 0 Å². The molecule has 0 amide bonds. The molecule has 0 aliphatic carbocycles. The van der Waals surface area contributed by atoms with Gasteiger partial charge in [-0.25, -0.2) is 15.0 Å². The number of hydrogen-bond acceptors (Lipinski definition) is 3. The Labute approximate surface area is 280 Å². The van der Waals surface area contributed by atoms with Crippen molar-refractivity contribution in [1.29, 1.82) is 0 Å². The molecule has 0 atom stereocenters. The monoisotopic (exact) mass is 622 g/mol. The Balaban J connectivity index is 1.19. The fraction of sp³-hybridized carbons (Fsp3) is 0. The number of nitrogens with zero attached hydrogens (tertiary/aromatic N) is 4. The van der Waals surface area contributed by atoms with Gasteiger partial charge < -0.3 is 0 Å². The van der Waals surface area contributed by atoms with Crippen LogP contribution in [-0.4, -0.2) is 19.5 Å². The highest BCUT2D eigenvalue weighted by atomic mass is 15.1. The van der Waals surface area contributed by atoms with E-state index in [-0.39, 0.29) is 0 Å². The summed E-state index contributed by atoms with van der Waals surface area (Å²) in [6.07, 6.45) is 3.82. The lowest BCUT2D eigenvalue weighted by Gasteiger charge is -2.16. The number of fused-ring (bicyclic) bond motifs is 3. The Morgan fingerprint density at radius 2 is 0.959 bits per heavy atom. The molecule has 11 aromatic rings. The van der Waals surface area contributed by atoms with Crippen LogP contribution in [0.1, 0.15) is 0 Å². The summed E-state index contributed by atoms with van der Waals surface area (Å²) in [7, 11) is 0.